The predicted octanol–water partition coefficient (Wildman–Crippen LogP) is 4.67. The summed E-state index contributed by atoms with van der Waals surface area (Å²) in [5.74, 6) is 0.236. The van der Waals surface area contributed by atoms with Gasteiger partial charge in [-0.3, -0.25) is 0 Å². The average Bonchev–Trinajstić information content (AvgIpc) is 2.38. The lowest BCUT2D eigenvalue weighted by molar-refractivity contribution is -0.137. The summed E-state index contributed by atoms with van der Waals surface area (Å²) in [6, 6.07) is 8.64. The monoisotopic (exact) mass is 300 g/mol. The number of aryl methyl sites for hydroxylation is 1. The molecule has 0 saturated carbocycles. The highest BCUT2D eigenvalue weighted by Crippen LogP contribution is 2.32. The highest BCUT2D eigenvalue weighted by Gasteiger charge is 2.31. The fraction of sp³-hybridized carbons (Fsp3) is 0.214. The van der Waals surface area contributed by atoms with Gasteiger partial charge < -0.3 is 5.32 Å². The molecule has 6 heteroatoms. The molecule has 2 rings (SSSR count). The minimum absolute atomic E-state index is 0.0491. The Balaban J connectivity index is 2.08. The van der Waals surface area contributed by atoms with E-state index in [1.54, 1.807) is 0 Å². The molecule has 1 aromatic heterocycles. The molecule has 0 radical (unpaired) electrons. The number of nitrogens with zero attached hydrogens (tertiary/aromatic N) is 1. The van der Waals surface area contributed by atoms with E-state index in [0.29, 0.717) is 6.54 Å². The van der Waals surface area contributed by atoms with Crippen LogP contribution in [0.1, 0.15) is 16.7 Å². The number of hydrogen-bond acceptors (Lipinski definition) is 2. The number of aromatic nitrogens is 1. The Hall–Kier alpha value is -1.75. The van der Waals surface area contributed by atoms with Crippen LogP contribution < -0.4 is 5.32 Å². The fourth-order valence-corrected chi connectivity index (χ4v) is 1.85. The van der Waals surface area contributed by atoms with Crippen LogP contribution in [0.25, 0.3) is 0 Å². The third-order valence-corrected chi connectivity index (χ3v) is 3.04. The maximum Gasteiger partial charge on any atom is 0.417 e. The van der Waals surface area contributed by atoms with Crippen LogP contribution in [0, 0.1) is 6.92 Å². The molecule has 0 spiro atoms. The number of pyridine rings is 1. The molecular weight excluding hydrogens is 289 g/mol. The van der Waals surface area contributed by atoms with E-state index in [0.717, 1.165) is 23.4 Å². The standard InChI is InChI=1S/C14H12ClF3N2/c1-9-2-4-10(5-3-9)7-19-13-12(15)6-11(8-20-13)14(16,17)18/h2-6,8H,7H2,1H3,(H,19,20). The smallest absolute Gasteiger partial charge is 0.365 e. The second-order valence-electron chi connectivity index (χ2n) is 4.39. The summed E-state index contributed by atoms with van der Waals surface area (Å²) in [5.41, 5.74) is 1.27. The number of nitrogens with one attached hydrogen (secondary N) is 1. The lowest BCUT2D eigenvalue weighted by Gasteiger charge is -2.11. The Morgan fingerprint density at radius 3 is 2.40 bits per heavy atom. The molecule has 106 valence electrons. The molecule has 0 unspecified atom stereocenters. The first-order valence-electron chi connectivity index (χ1n) is 5.88. The van der Waals surface area contributed by atoms with Crippen LogP contribution in [0.3, 0.4) is 0 Å². The molecule has 0 atom stereocenters. The summed E-state index contributed by atoms with van der Waals surface area (Å²) in [7, 11) is 0. The van der Waals surface area contributed by atoms with Crippen LogP contribution in [-0.2, 0) is 12.7 Å². The summed E-state index contributed by atoms with van der Waals surface area (Å²) >= 11 is 5.80. The molecule has 0 bridgehead atoms. The summed E-state index contributed by atoms with van der Waals surface area (Å²) in [5, 5.41) is 2.87. The largest absolute Gasteiger partial charge is 0.417 e. The summed E-state index contributed by atoms with van der Waals surface area (Å²) < 4.78 is 37.4. The second-order valence-corrected chi connectivity index (χ2v) is 4.80. The van der Waals surface area contributed by atoms with Gasteiger partial charge in [-0.05, 0) is 18.6 Å². The SMILES string of the molecule is Cc1ccc(CNc2ncc(C(F)(F)F)cc2Cl)cc1. The van der Waals surface area contributed by atoms with E-state index < -0.39 is 11.7 Å². The molecule has 1 aromatic carbocycles. The summed E-state index contributed by atoms with van der Waals surface area (Å²) in [6.45, 7) is 2.42. The van der Waals surface area contributed by atoms with E-state index in [4.69, 9.17) is 11.6 Å². The molecule has 1 heterocycles. The lowest BCUT2D eigenvalue weighted by Crippen LogP contribution is -2.08. The fourth-order valence-electron chi connectivity index (χ4n) is 1.61. The van der Waals surface area contributed by atoms with Crippen molar-refractivity contribution in [3.63, 3.8) is 0 Å². The molecule has 2 aromatic rings. The molecule has 0 aliphatic heterocycles. The Kier molecular flexibility index (Phi) is 4.18. The van der Waals surface area contributed by atoms with Crippen molar-refractivity contribution in [2.75, 3.05) is 5.32 Å². The van der Waals surface area contributed by atoms with E-state index in [2.05, 4.69) is 10.3 Å². The van der Waals surface area contributed by atoms with Gasteiger partial charge in [0.1, 0.15) is 5.82 Å². The topological polar surface area (TPSA) is 24.9 Å². The molecule has 0 aliphatic carbocycles. The Labute approximate surface area is 119 Å². The van der Waals surface area contributed by atoms with Crippen molar-refractivity contribution in [3.8, 4) is 0 Å². The highest BCUT2D eigenvalue weighted by molar-refractivity contribution is 6.32. The summed E-state index contributed by atoms with van der Waals surface area (Å²) in [4.78, 5) is 3.71. The zero-order valence-corrected chi connectivity index (χ0v) is 11.4. The van der Waals surface area contributed by atoms with Crippen molar-refractivity contribution >= 4 is 17.4 Å². The first-order valence-corrected chi connectivity index (χ1v) is 6.26. The van der Waals surface area contributed by atoms with Gasteiger partial charge in [0, 0.05) is 12.7 Å². The number of alkyl halides is 3. The van der Waals surface area contributed by atoms with Crippen molar-refractivity contribution < 1.29 is 13.2 Å². The number of benzene rings is 1. The van der Waals surface area contributed by atoms with Gasteiger partial charge in [0.25, 0.3) is 0 Å². The Bertz CT molecular complexity index is 594. The maximum absolute atomic E-state index is 12.5. The van der Waals surface area contributed by atoms with Gasteiger partial charge in [-0.1, -0.05) is 41.4 Å². The molecule has 0 fully saturated rings. The van der Waals surface area contributed by atoms with E-state index in [-0.39, 0.29) is 10.8 Å². The van der Waals surface area contributed by atoms with Gasteiger partial charge in [0.2, 0.25) is 0 Å². The van der Waals surface area contributed by atoms with Gasteiger partial charge in [-0.15, -0.1) is 0 Å². The molecule has 0 aliphatic rings. The molecular formula is C14H12ClF3N2. The first kappa shape index (κ1) is 14.7. The molecule has 0 amide bonds. The normalized spacial score (nSPS) is 11.4. The van der Waals surface area contributed by atoms with Crippen LogP contribution >= 0.6 is 11.6 Å². The van der Waals surface area contributed by atoms with E-state index >= 15 is 0 Å². The van der Waals surface area contributed by atoms with Crippen molar-refractivity contribution in [2.45, 2.75) is 19.6 Å². The van der Waals surface area contributed by atoms with Crippen molar-refractivity contribution in [2.24, 2.45) is 0 Å². The van der Waals surface area contributed by atoms with E-state index in [1.165, 1.54) is 0 Å². The third kappa shape index (κ3) is 3.63. The minimum Gasteiger partial charge on any atom is -0.365 e. The maximum atomic E-state index is 12.5. The number of rotatable bonds is 3. The van der Waals surface area contributed by atoms with Gasteiger partial charge in [0.05, 0.1) is 10.6 Å². The van der Waals surface area contributed by atoms with Crippen molar-refractivity contribution in [1.29, 1.82) is 0 Å². The van der Waals surface area contributed by atoms with Crippen LogP contribution in [0.2, 0.25) is 5.02 Å². The molecule has 1 N–H and O–H groups in total. The zero-order valence-electron chi connectivity index (χ0n) is 10.6. The molecule has 20 heavy (non-hydrogen) atoms. The summed E-state index contributed by atoms with van der Waals surface area (Å²) in [6.07, 6.45) is -3.67. The van der Waals surface area contributed by atoms with Gasteiger partial charge >= 0.3 is 6.18 Å². The Morgan fingerprint density at radius 1 is 1.20 bits per heavy atom. The van der Waals surface area contributed by atoms with Crippen LogP contribution in [0.5, 0.6) is 0 Å². The molecule has 2 nitrogen and oxygen atoms in total. The minimum atomic E-state index is -4.44. The number of hydrogen-bond donors (Lipinski definition) is 1. The van der Waals surface area contributed by atoms with Gasteiger partial charge in [-0.2, -0.15) is 13.2 Å². The van der Waals surface area contributed by atoms with Gasteiger partial charge in [0.15, 0.2) is 0 Å². The van der Waals surface area contributed by atoms with Crippen molar-refractivity contribution in [3.05, 3.63) is 58.2 Å². The zero-order chi connectivity index (χ0) is 14.8. The molecule has 0 saturated heterocycles. The highest BCUT2D eigenvalue weighted by atomic mass is 35.5. The van der Waals surface area contributed by atoms with Gasteiger partial charge in [-0.25, -0.2) is 4.98 Å². The van der Waals surface area contributed by atoms with Crippen molar-refractivity contribution in [1.82, 2.24) is 4.98 Å². The van der Waals surface area contributed by atoms with Crippen LogP contribution in [0.4, 0.5) is 19.0 Å². The lowest BCUT2D eigenvalue weighted by atomic mass is 10.1. The number of anilines is 1. The predicted molar refractivity (Wildman–Crippen MR) is 72.8 cm³/mol. The van der Waals surface area contributed by atoms with E-state index in [1.807, 2.05) is 31.2 Å². The second kappa shape index (κ2) is 5.71. The van der Waals surface area contributed by atoms with Crippen LogP contribution in [0.15, 0.2) is 36.5 Å². The first-order chi connectivity index (χ1) is 9.36. The quantitative estimate of drug-likeness (QED) is 0.890. The Morgan fingerprint density at radius 2 is 1.85 bits per heavy atom. The third-order valence-electron chi connectivity index (χ3n) is 2.75. The average molecular weight is 301 g/mol. The van der Waals surface area contributed by atoms with E-state index in [9.17, 15) is 13.2 Å². The van der Waals surface area contributed by atoms with Crippen LogP contribution in [-0.4, -0.2) is 4.98 Å². The number of halogens is 4.